The van der Waals surface area contributed by atoms with Gasteiger partial charge in [-0.3, -0.25) is 4.79 Å². The molecule has 4 nitrogen and oxygen atoms in total. The van der Waals surface area contributed by atoms with E-state index in [0.29, 0.717) is 5.52 Å². The zero-order valence-corrected chi connectivity index (χ0v) is 9.00. The van der Waals surface area contributed by atoms with Crippen molar-refractivity contribution in [3.63, 3.8) is 0 Å². The van der Waals surface area contributed by atoms with Crippen molar-refractivity contribution in [1.82, 2.24) is 4.98 Å². The molecule has 0 fully saturated rings. The second-order valence-corrected chi connectivity index (χ2v) is 3.79. The quantitative estimate of drug-likeness (QED) is 0.765. The number of carboxylic acid groups (broad SMARTS) is 1. The van der Waals surface area contributed by atoms with Gasteiger partial charge in [-0.2, -0.15) is 0 Å². The topological polar surface area (TPSA) is 70.2 Å². The number of carbonyl (C=O) groups is 1. The number of fused-ring (bicyclic) bond motifs is 1. The van der Waals surface area contributed by atoms with E-state index in [9.17, 15) is 9.59 Å². The van der Waals surface area contributed by atoms with Crippen LogP contribution in [-0.2, 0) is 0 Å². The molecule has 0 aliphatic heterocycles. The highest BCUT2D eigenvalue weighted by molar-refractivity contribution is 5.93. The van der Waals surface area contributed by atoms with E-state index >= 15 is 0 Å². The van der Waals surface area contributed by atoms with E-state index in [2.05, 4.69) is 4.98 Å². The molecular formula is C12H11NO3. The highest BCUT2D eigenvalue weighted by atomic mass is 16.4. The SMILES string of the molecule is Cc1ccc2cc(C(=O)O)c(=O)[nH]c2c1C. The van der Waals surface area contributed by atoms with Gasteiger partial charge in [0.1, 0.15) is 5.56 Å². The maximum atomic E-state index is 11.5. The first-order valence-electron chi connectivity index (χ1n) is 4.87. The van der Waals surface area contributed by atoms with Crippen LogP contribution >= 0.6 is 0 Å². The zero-order valence-electron chi connectivity index (χ0n) is 9.00. The minimum atomic E-state index is -1.21. The molecule has 16 heavy (non-hydrogen) atoms. The van der Waals surface area contributed by atoms with Gasteiger partial charge in [0.05, 0.1) is 5.52 Å². The molecule has 1 aromatic carbocycles. The Morgan fingerprint density at radius 1 is 1.31 bits per heavy atom. The Bertz CT molecular complexity index is 640. The van der Waals surface area contributed by atoms with Crippen LogP contribution < -0.4 is 5.56 Å². The van der Waals surface area contributed by atoms with Crippen molar-refractivity contribution in [2.75, 3.05) is 0 Å². The molecule has 1 aromatic heterocycles. The van der Waals surface area contributed by atoms with Gasteiger partial charge in [0.2, 0.25) is 0 Å². The molecule has 4 heteroatoms. The fourth-order valence-electron chi connectivity index (χ4n) is 1.68. The third-order valence-corrected chi connectivity index (χ3v) is 2.78. The second kappa shape index (κ2) is 3.48. The van der Waals surface area contributed by atoms with Gasteiger partial charge in [0, 0.05) is 0 Å². The summed E-state index contributed by atoms with van der Waals surface area (Å²) in [6.07, 6.45) is 0. The van der Waals surface area contributed by atoms with Gasteiger partial charge in [-0.05, 0) is 36.4 Å². The number of nitrogens with one attached hydrogen (secondary N) is 1. The number of aromatic nitrogens is 1. The first-order valence-corrected chi connectivity index (χ1v) is 4.87. The molecule has 0 saturated heterocycles. The lowest BCUT2D eigenvalue weighted by Gasteiger charge is -2.05. The van der Waals surface area contributed by atoms with Crippen LogP contribution in [0.3, 0.4) is 0 Å². The van der Waals surface area contributed by atoms with Crippen molar-refractivity contribution in [1.29, 1.82) is 0 Å². The van der Waals surface area contributed by atoms with E-state index in [1.807, 2.05) is 19.9 Å². The Morgan fingerprint density at radius 3 is 2.62 bits per heavy atom. The number of hydrogen-bond acceptors (Lipinski definition) is 2. The van der Waals surface area contributed by atoms with Gasteiger partial charge in [-0.15, -0.1) is 0 Å². The summed E-state index contributed by atoms with van der Waals surface area (Å²) in [6.45, 7) is 3.84. The van der Waals surface area contributed by atoms with Gasteiger partial charge in [0.25, 0.3) is 5.56 Å². The predicted molar refractivity (Wildman–Crippen MR) is 61.0 cm³/mol. The van der Waals surface area contributed by atoms with Gasteiger partial charge in [-0.1, -0.05) is 12.1 Å². The fraction of sp³-hybridized carbons (Fsp3) is 0.167. The van der Waals surface area contributed by atoms with E-state index in [1.165, 1.54) is 6.07 Å². The number of carboxylic acids is 1. The first-order chi connectivity index (χ1) is 7.50. The van der Waals surface area contributed by atoms with Crippen molar-refractivity contribution < 1.29 is 9.90 Å². The Kier molecular flexibility index (Phi) is 2.27. The number of aryl methyl sites for hydroxylation is 2. The van der Waals surface area contributed by atoms with Crippen LogP contribution in [0.25, 0.3) is 10.9 Å². The number of benzene rings is 1. The van der Waals surface area contributed by atoms with Gasteiger partial charge in [-0.25, -0.2) is 4.79 Å². The summed E-state index contributed by atoms with van der Waals surface area (Å²) in [6, 6.07) is 5.12. The molecule has 0 spiro atoms. The summed E-state index contributed by atoms with van der Waals surface area (Å²) in [5, 5.41) is 9.57. The number of aromatic carboxylic acids is 1. The average molecular weight is 217 g/mol. The second-order valence-electron chi connectivity index (χ2n) is 3.79. The minimum Gasteiger partial charge on any atom is -0.477 e. The number of rotatable bonds is 1. The summed E-state index contributed by atoms with van der Waals surface area (Å²) in [5.41, 5.74) is 1.94. The molecule has 0 atom stereocenters. The Hall–Kier alpha value is -2.10. The third kappa shape index (κ3) is 1.48. The number of H-pyrrole nitrogens is 1. The van der Waals surface area contributed by atoms with Crippen molar-refractivity contribution in [3.8, 4) is 0 Å². The third-order valence-electron chi connectivity index (χ3n) is 2.78. The van der Waals surface area contributed by atoms with E-state index in [1.54, 1.807) is 6.07 Å². The largest absolute Gasteiger partial charge is 0.477 e. The van der Waals surface area contributed by atoms with Gasteiger partial charge < -0.3 is 10.1 Å². The molecule has 0 saturated carbocycles. The van der Waals surface area contributed by atoms with E-state index in [4.69, 9.17) is 5.11 Å². The lowest BCUT2D eigenvalue weighted by molar-refractivity contribution is 0.0695. The smallest absolute Gasteiger partial charge is 0.341 e. The number of hydrogen-bond donors (Lipinski definition) is 2. The average Bonchev–Trinajstić information content (AvgIpc) is 2.23. The molecule has 2 rings (SSSR count). The molecule has 0 bridgehead atoms. The van der Waals surface area contributed by atoms with Crippen LogP contribution in [0.15, 0.2) is 23.0 Å². The molecule has 0 unspecified atom stereocenters. The lowest BCUT2D eigenvalue weighted by atomic mass is 10.0. The monoisotopic (exact) mass is 217 g/mol. The number of aromatic amines is 1. The maximum absolute atomic E-state index is 11.5. The van der Waals surface area contributed by atoms with Crippen LogP contribution in [0.2, 0.25) is 0 Å². The lowest BCUT2D eigenvalue weighted by Crippen LogP contribution is -2.17. The van der Waals surface area contributed by atoms with Crippen molar-refractivity contribution in [2.45, 2.75) is 13.8 Å². The van der Waals surface area contributed by atoms with Crippen LogP contribution in [-0.4, -0.2) is 16.1 Å². The summed E-state index contributed by atoms with van der Waals surface area (Å²) >= 11 is 0. The van der Waals surface area contributed by atoms with Crippen LogP contribution in [0.5, 0.6) is 0 Å². The van der Waals surface area contributed by atoms with E-state index in [-0.39, 0.29) is 5.56 Å². The summed E-state index contributed by atoms with van der Waals surface area (Å²) in [4.78, 5) is 24.9. The Morgan fingerprint density at radius 2 is 2.00 bits per heavy atom. The fourth-order valence-corrected chi connectivity index (χ4v) is 1.68. The Labute approximate surface area is 91.5 Å². The molecule has 0 radical (unpaired) electrons. The van der Waals surface area contributed by atoms with Crippen molar-refractivity contribution >= 4 is 16.9 Å². The molecule has 1 heterocycles. The first kappa shape index (κ1) is 10.4. The predicted octanol–water partition coefficient (Wildman–Crippen LogP) is 1.84. The normalized spacial score (nSPS) is 10.6. The molecular weight excluding hydrogens is 206 g/mol. The van der Waals surface area contributed by atoms with Gasteiger partial charge >= 0.3 is 5.97 Å². The van der Waals surface area contributed by atoms with E-state index in [0.717, 1.165) is 16.5 Å². The standard InChI is InChI=1S/C12H11NO3/c1-6-3-4-8-5-9(12(15)16)11(14)13-10(8)7(6)2/h3-5H,1-2H3,(H,13,14)(H,15,16). The van der Waals surface area contributed by atoms with Crippen LogP contribution in [0, 0.1) is 13.8 Å². The Balaban J connectivity index is 2.89. The highest BCUT2D eigenvalue weighted by Crippen LogP contribution is 2.18. The molecule has 2 aromatic rings. The van der Waals surface area contributed by atoms with Gasteiger partial charge in [0.15, 0.2) is 0 Å². The molecule has 0 aliphatic rings. The molecule has 82 valence electrons. The van der Waals surface area contributed by atoms with Crippen LogP contribution in [0.1, 0.15) is 21.5 Å². The molecule has 0 aliphatic carbocycles. The summed E-state index contributed by atoms with van der Waals surface area (Å²) in [5.74, 6) is -1.21. The van der Waals surface area contributed by atoms with Crippen LogP contribution in [0.4, 0.5) is 0 Å². The number of pyridine rings is 1. The molecule has 0 amide bonds. The van der Waals surface area contributed by atoms with E-state index < -0.39 is 11.5 Å². The zero-order chi connectivity index (χ0) is 11.9. The minimum absolute atomic E-state index is 0.226. The maximum Gasteiger partial charge on any atom is 0.341 e. The highest BCUT2D eigenvalue weighted by Gasteiger charge is 2.11. The van der Waals surface area contributed by atoms with Crippen molar-refractivity contribution in [3.05, 3.63) is 45.2 Å². The summed E-state index contributed by atoms with van der Waals surface area (Å²) in [7, 11) is 0. The van der Waals surface area contributed by atoms with Crippen molar-refractivity contribution in [2.24, 2.45) is 0 Å². The molecule has 2 N–H and O–H groups in total. The summed E-state index contributed by atoms with van der Waals surface area (Å²) < 4.78 is 0.